The first-order valence-electron chi connectivity index (χ1n) is 5.13. The van der Waals surface area contributed by atoms with Crippen LogP contribution < -0.4 is 0 Å². The molecule has 0 nitrogen and oxygen atoms in total. The van der Waals surface area contributed by atoms with Crippen molar-refractivity contribution in [2.45, 2.75) is 13.3 Å². The summed E-state index contributed by atoms with van der Waals surface area (Å²) < 4.78 is 0. The van der Waals surface area contributed by atoms with Gasteiger partial charge in [0.05, 0.1) is 0 Å². The van der Waals surface area contributed by atoms with Gasteiger partial charge in [-0.15, -0.1) is 0 Å². The lowest BCUT2D eigenvalue weighted by molar-refractivity contribution is 1.14. The molecule has 2 aliphatic rings. The van der Waals surface area contributed by atoms with Crippen LogP contribution in [0.4, 0.5) is 0 Å². The van der Waals surface area contributed by atoms with Crippen LogP contribution in [0.25, 0.3) is 22.3 Å². The first-order chi connectivity index (χ1) is 6.90. The van der Waals surface area contributed by atoms with E-state index in [9.17, 15) is 0 Å². The second-order valence-corrected chi connectivity index (χ2v) is 3.77. The average molecular weight is 180 g/mol. The summed E-state index contributed by atoms with van der Waals surface area (Å²) in [6.45, 7) is 2.21. The third-order valence-corrected chi connectivity index (χ3v) is 2.94. The predicted octanol–water partition coefficient (Wildman–Crippen LogP) is 3.90. The Bertz CT molecular complexity index is 495. The van der Waals surface area contributed by atoms with Gasteiger partial charge in [-0.25, -0.2) is 0 Å². The number of hydrogen-bond acceptors (Lipinski definition) is 0. The number of fused-ring (bicyclic) bond motifs is 1. The molecule has 68 valence electrons. The molecule has 0 heteroatoms. The smallest absolute Gasteiger partial charge is 0.00989 e. The van der Waals surface area contributed by atoms with E-state index in [-0.39, 0.29) is 0 Å². The second kappa shape index (κ2) is 2.71. The average Bonchev–Trinajstić information content (AvgIpc) is 2.91. The summed E-state index contributed by atoms with van der Waals surface area (Å²) in [6, 6.07) is 15.4. The Morgan fingerprint density at radius 1 is 0.857 bits per heavy atom. The van der Waals surface area contributed by atoms with Crippen LogP contribution in [-0.4, -0.2) is 0 Å². The van der Waals surface area contributed by atoms with Crippen LogP contribution in [0.1, 0.15) is 12.5 Å². The van der Waals surface area contributed by atoms with Gasteiger partial charge >= 0.3 is 0 Å². The molecule has 0 radical (unpaired) electrons. The third kappa shape index (κ3) is 1.00. The number of rotatable bonds is 2. The van der Waals surface area contributed by atoms with Crippen molar-refractivity contribution in [2.75, 3.05) is 0 Å². The number of benzene rings is 2. The highest BCUT2D eigenvalue weighted by Crippen LogP contribution is 2.44. The SMILES string of the molecule is CCc1ccccc1-c1ccc2cc1-2. The van der Waals surface area contributed by atoms with Crippen LogP contribution >= 0.6 is 0 Å². The van der Waals surface area contributed by atoms with Gasteiger partial charge in [-0.3, -0.25) is 0 Å². The molecule has 14 heavy (non-hydrogen) atoms. The predicted molar refractivity (Wildman–Crippen MR) is 60.3 cm³/mol. The van der Waals surface area contributed by atoms with Gasteiger partial charge in [-0.2, -0.15) is 0 Å². The van der Waals surface area contributed by atoms with Crippen molar-refractivity contribution < 1.29 is 0 Å². The van der Waals surface area contributed by atoms with Gasteiger partial charge in [-0.1, -0.05) is 43.3 Å². The molecule has 0 heterocycles. The van der Waals surface area contributed by atoms with Gasteiger partial charge < -0.3 is 0 Å². The second-order valence-electron chi connectivity index (χ2n) is 3.77. The van der Waals surface area contributed by atoms with E-state index in [2.05, 4.69) is 49.4 Å². The highest BCUT2D eigenvalue weighted by Gasteiger charge is 2.19. The monoisotopic (exact) mass is 180 g/mol. The fourth-order valence-electron chi connectivity index (χ4n) is 2.08. The van der Waals surface area contributed by atoms with Crippen molar-refractivity contribution in [3.8, 4) is 22.3 Å². The Labute approximate surface area is 84.2 Å². The molecule has 0 saturated carbocycles. The highest BCUT2D eigenvalue weighted by atomic mass is 14.2. The first-order valence-corrected chi connectivity index (χ1v) is 5.13. The normalized spacial score (nSPS) is 11.5. The molecule has 0 saturated heterocycles. The lowest BCUT2D eigenvalue weighted by Gasteiger charge is -2.05. The standard InChI is InChI=1S/C14H12/c1-2-10-5-3-4-6-12(10)13-8-7-11-9-14(11)13/h3-9H,2H2,1H3. The first kappa shape index (κ1) is 7.81. The molecule has 2 aliphatic carbocycles. The molecule has 0 spiro atoms. The molecule has 3 rings (SSSR count). The molecule has 0 unspecified atom stereocenters. The van der Waals surface area contributed by atoms with Crippen LogP contribution in [0.3, 0.4) is 0 Å². The van der Waals surface area contributed by atoms with Gasteiger partial charge in [0.15, 0.2) is 0 Å². The topological polar surface area (TPSA) is 0 Å². The van der Waals surface area contributed by atoms with Crippen molar-refractivity contribution in [1.82, 2.24) is 0 Å². The summed E-state index contributed by atoms with van der Waals surface area (Å²) in [5.74, 6) is 0. The van der Waals surface area contributed by atoms with E-state index in [4.69, 9.17) is 0 Å². The van der Waals surface area contributed by atoms with Crippen molar-refractivity contribution in [3.05, 3.63) is 48.0 Å². The minimum Gasteiger partial charge on any atom is -0.0620 e. The largest absolute Gasteiger partial charge is 0.0620 e. The van der Waals surface area contributed by atoms with E-state index >= 15 is 0 Å². The Morgan fingerprint density at radius 2 is 1.71 bits per heavy atom. The summed E-state index contributed by atoms with van der Waals surface area (Å²) >= 11 is 0. The maximum absolute atomic E-state index is 2.25. The van der Waals surface area contributed by atoms with Crippen molar-refractivity contribution in [3.63, 3.8) is 0 Å². The fraction of sp³-hybridized carbons (Fsp3) is 0.143. The molecule has 1 aromatic carbocycles. The third-order valence-electron chi connectivity index (χ3n) is 2.94. The quantitative estimate of drug-likeness (QED) is 0.561. The Balaban J connectivity index is 2.16. The minimum atomic E-state index is 1.11. The van der Waals surface area contributed by atoms with E-state index in [0.29, 0.717) is 0 Å². The molecule has 1 aromatic rings. The zero-order valence-electron chi connectivity index (χ0n) is 8.25. The van der Waals surface area contributed by atoms with Gasteiger partial charge in [0.25, 0.3) is 0 Å². The van der Waals surface area contributed by atoms with E-state index < -0.39 is 0 Å². The van der Waals surface area contributed by atoms with Crippen LogP contribution in [0.5, 0.6) is 0 Å². The Kier molecular flexibility index (Phi) is 1.51. The van der Waals surface area contributed by atoms with Crippen molar-refractivity contribution >= 4 is 0 Å². The molecule has 0 aliphatic heterocycles. The van der Waals surface area contributed by atoms with Crippen LogP contribution in [0.2, 0.25) is 0 Å². The summed E-state index contributed by atoms with van der Waals surface area (Å²) in [5.41, 5.74) is 7.14. The van der Waals surface area contributed by atoms with E-state index in [0.717, 1.165) is 6.42 Å². The molecule has 0 bridgehead atoms. The Hall–Kier alpha value is -1.56. The van der Waals surface area contributed by atoms with E-state index in [1.54, 1.807) is 0 Å². The minimum absolute atomic E-state index is 1.11. The molecule has 0 fully saturated rings. The zero-order valence-corrected chi connectivity index (χ0v) is 8.25. The van der Waals surface area contributed by atoms with Crippen molar-refractivity contribution in [1.29, 1.82) is 0 Å². The van der Waals surface area contributed by atoms with Crippen LogP contribution in [0.15, 0.2) is 42.5 Å². The Morgan fingerprint density at radius 3 is 2.36 bits per heavy atom. The molecule has 0 aromatic heterocycles. The van der Waals surface area contributed by atoms with Gasteiger partial charge in [0.2, 0.25) is 0 Å². The van der Waals surface area contributed by atoms with Gasteiger partial charge in [-0.05, 0) is 40.3 Å². The summed E-state index contributed by atoms with van der Waals surface area (Å²) in [4.78, 5) is 0. The fourth-order valence-corrected chi connectivity index (χ4v) is 2.08. The van der Waals surface area contributed by atoms with Crippen LogP contribution in [-0.2, 0) is 6.42 Å². The summed E-state index contributed by atoms with van der Waals surface area (Å²) in [7, 11) is 0. The van der Waals surface area contributed by atoms with Gasteiger partial charge in [0, 0.05) is 0 Å². The molecule has 0 N–H and O–H groups in total. The summed E-state index contributed by atoms with van der Waals surface area (Å²) in [6.07, 6.45) is 1.11. The maximum Gasteiger partial charge on any atom is -0.00989 e. The lowest BCUT2D eigenvalue weighted by Crippen LogP contribution is -1.84. The highest BCUT2D eigenvalue weighted by molar-refractivity contribution is 5.96. The van der Waals surface area contributed by atoms with Crippen LogP contribution in [0, 0.1) is 0 Å². The number of aryl methyl sites for hydroxylation is 1. The zero-order chi connectivity index (χ0) is 9.54. The molecule has 0 atom stereocenters. The molecular formula is C14H12. The van der Waals surface area contributed by atoms with E-state index in [1.807, 2.05) is 0 Å². The maximum atomic E-state index is 2.25. The molecule has 0 amide bonds. The van der Waals surface area contributed by atoms with Crippen molar-refractivity contribution in [2.24, 2.45) is 0 Å². The molecular weight excluding hydrogens is 168 g/mol. The van der Waals surface area contributed by atoms with E-state index in [1.165, 1.54) is 27.8 Å². The number of hydrogen-bond donors (Lipinski definition) is 0. The van der Waals surface area contributed by atoms with Gasteiger partial charge in [0.1, 0.15) is 0 Å². The summed E-state index contributed by atoms with van der Waals surface area (Å²) in [5, 5.41) is 0. The lowest BCUT2D eigenvalue weighted by atomic mass is 9.99.